The molecule has 1 aliphatic carbocycles. The Bertz CT molecular complexity index is 409. The van der Waals surface area contributed by atoms with Gasteiger partial charge in [-0.1, -0.05) is 24.3 Å². The molecular weight excluding hydrogens is 208 g/mol. The lowest BCUT2D eigenvalue weighted by molar-refractivity contribution is -0.147. The molecular formula is C12H14O4. The Labute approximate surface area is 93.2 Å². The summed E-state index contributed by atoms with van der Waals surface area (Å²) in [5, 5.41) is 27.7. The predicted octanol–water partition coefficient (Wildman–Crippen LogP) is 0.829. The molecule has 0 spiro atoms. The minimum Gasteiger partial charge on any atom is -0.479 e. The van der Waals surface area contributed by atoms with Gasteiger partial charge in [0.1, 0.15) is 0 Å². The van der Waals surface area contributed by atoms with E-state index in [2.05, 4.69) is 0 Å². The molecule has 2 rings (SSSR count). The zero-order valence-electron chi connectivity index (χ0n) is 8.76. The number of rotatable bonds is 4. The monoisotopic (exact) mass is 222 g/mol. The molecule has 1 aliphatic rings. The third-order valence-corrected chi connectivity index (χ3v) is 3.22. The summed E-state index contributed by atoms with van der Waals surface area (Å²) in [5.74, 6) is -1.26. The van der Waals surface area contributed by atoms with Crippen LogP contribution in [-0.4, -0.2) is 27.9 Å². The average Bonchev–Trinajstić information content (AvgIpc) is 3.09. The fraction of sp³-hybridized carbons (Fsp3) is 0.417. The molecule has 0 bridgehead atoms. The molecule has 0 saturated heterocycles. The molecule has 1 aromatic carbocycles. The van der Waals surface area contributed by atoms with E-state index in [4.69, 9.17) is 5.11 Å². The van der Waals surface area contributed by atoms with Crippen molar-refractivity contribution in [3.8, 4) is 0 Å². The zero-order chi connectivity index (χ0) is 11.8. The summed E-state index contributed by atoms with van der Waals surface area (Å²) in [6, 6.07) is 6.87. The maximum Gasteiger partial charge on any atom is 0.337 e. The minimum absolute atomic E-state index is 0.00362. The van der Waals surface area contributed by atoms with Gasteiger partial charge in [0.25, 0.3) is 0 Å². The Morgan fingerprint density at radius 1 is 1.38 bits per heavy atom. The molecule has 0 radical (unpaired) electrons. The lowest BCUT2D eigenvalue weighted by Crippen LogP contribution is -2.19. The number of aliphatic hydroxyl groups is 2. The molecule has 3 N–H and O–H groups in total. The van der Waals surface area contributed by atoms with Crippen molar-refractivity contribution < 1.29 is 20.1 Å². The van der Waals surface area contributed by atoms with Crippen molar-refractivity contribution in [1.29, 1.82) is 0 Å². The van der Waals surface area contributed by atoms with Crippen LogP contribution in [0.25, 0.3) is 0 Å². The zero-order valence-corrected chi connectivity index (χ0v) is 8.76. The highest BCUT2D eigenvalue weighted by Crippen LogP contribution is 2.49. The van der Waals surface area contributed by atoms with Crippen molar-refractivity contribution in [3.63, 3.8) is 0 Å². The summed E-state index contributed by atoms with van der Waals surface area (Å²) >= 11 is 0. The second-order valence-corrected chi connectivity index (χ2v) is 4.27. The van der Waals surface area contributed by atoms with E-state index in [9.17, 15) is 15.0 Å². The highest BCUT2D eigenvalue weighted by molar-refractivity contribution is 5.75. The van der Waals surface area contributed by atoms with Crippen LogP contribution >= 0.6 is 0 Å². The van der Waals surface area contributed by atoms with Gasteiger partial charge in [-0.2, -0.15) is 0 Å². The van der Waals surface area contributed by atoms with Crippen LogP contribution in [0.5, 0.6) is 0 Å². The lowest BCUT2D eigenvalue weighted by atomic mass is 9.89. The molecule has 0 amide bonds. The molecule has 16 heavy (non-hydrogen) atoms. The molecule has 1 aromatic rings. The fourth-order valence-electron chi connectivity index (χ4n) is 2.01. The quantitative estimate of drug-likeness (QED) is 0.705. The van der Waals surface area contributed by atoms with Gasteiger partial charge in [0.05, 0.1) is 6.61 Å². The molecule has 1 fully saturated rings. The number of aliphatic carboxylic acids is 1. The van der Waals surface area contributed by atoms with Crippen molar-refractivity contribution in [1.82, 2.24) is 0 Å². The Balaban J connectivity index is 2.42. The summed E-state index contributed by atoms with van der Waals surface area (Å²) in [7, 11) is 0. The SMILES string of the molecule is O=C(O)C(O)c1ccccc1C1(CO)CC1. The maximum atomic E-state index is 10.8. The fourth-order valence-corrected chi connectivity index (χ4v) is 2.01. The predicted molar refractivity (Wildman–Crippen MR) is 57.0 cm³/mol. The van der Waals surface area contributed by atoms with Crippen LogP contribution in [0.2, 0.25) is 0 Å². The molecule has 0 heterocycles. The number of carboxylic acid groups (broad SMARTS) is 1. The number of benzene rings is 1. The first-order chi connectivity index (χ1) is 7.60. The van der Waals surface area contributed by atoms with Crippen LogP contribution in [0.15, 0.2) is 24.3 Å². The Morgan fingerprint density at radius 2 is 2.00 bits per heavy atom. The minimum atomic E-state index is -1.51. The van der Waals surface area contributed by atoms with E-state index < -0.39 is 12.1 Å². The van der Waals surface area contributed by atoms with Gasteiger partial charge < -0.3 is 15.3 Å². The van der Waals surface area contributed by atoms with Crippen LogP contribution < -0.4 is 0 Å². The van der Waals surface area contributed by atoms with Gasteiger partial charge in [-0.15, -0.1) is 0 Å². The van der Waals surface area contributed by atoms with E-state index in [1.54, 1.807) is 24.3 Å². The highest BCUT2D eigenvalue weighted by atomic mass is 16.4. The van der Waals surface area contributed by atoms with Gasteiger partial charge >= 0.3 is 5.97 Å². The van der Waals surface area contributed by atoms with Crippen LogP contribution in [0.3, 0.4) is 0 Å². The molecule has 4 nitrogen and oxygen atoms in total. The third kappa shape index (κ3) is 1.70. The topological polar surface area (TPSA) is 77.8 Å². The molecule has 1 unspecified atom stereocenters. The summed E-state index contributed by atoms with van der Waals surface area (Å²) in [6.07, 6.45) is 0.167. The summed E-state index contributed by atoms with van der Waals surface area (Å²) in [4.78, 5) is 10.8. The van der Waals surface area contributed by atoms with E-state index >= 15 is 0 Å². The van der Waals surface area contributed by atoms with Gasteiger partial charge in [-0.05, 0) is 24.0 Å². The third-order valence-electron chi connectivity index (χ3n) is 3.22. The van der Waals surface area contributed by atoms with Gasteiger partial charge in [0.15, 0.2) is 6.10 Å². The second kappa shape index (κ2) is 3.88. The van der Waals surface area contributed by atoms with Crippen LogP contribution in [0, 0.1) is 0 Å². The number of carbonyl (C=O) groups is 1. The highest BCUT2D eigenvalue weighted by Gasteiger charge is 2.45. The Hall–Kier alpha value is -1.39. The second-order valence-electron chi connectivity index (χ2n) is 4.27. The van der Waals surface area contributed by atoms with Crippen molar-refractivity contribution >= 4 is 5.97 Å². The lowest BCUT2D eigenvalue weighted by Gasteiger charge is -2.18. The standard InChI is InChI=1S/C12H14O4/c13-7-12(5-6-12)9-4-2-1-3-8(9)10(14)11(15)16/h1-4,10,13-14H,5-7H2,(H,15,16). The summed E-state index contributed by atoms with van der Waals surface area (Å²) < 4.78 is 0. The number of aliphatic hydroxyl groups excluding tert-OH is 2. The smallest absolute Gasteiger partial charge is 0.337 e. The van der Waals surface area contributed by atoms with Crippen molar-refractivity contribution in [2.75, 3.05) is 6.61 Å². The number of hydrogen-bond donors (Lipinski definition) is 3. The van der Waals surface area contributed by atoms with Gasteiger partial charge in [-0.3, -0.25) is 0 Å². The Morgan fingerprint density at radius 3 is 2.50 bits per heavy atom. The summed E-state index contributed by atoms with van der Waals surface area (Å²) in [6.45, 7) is -0.00362. The molecule has 1 saturated carbocycles. The molecule has 4 heteroatoms. The van der Waals surface area contributed by atoms with Gasteiger partial charge in [0.2, 0.25) is 0 Å². The Kier molecular flexibility index (Phi) is 2.69. The average molecular weight is 222 g/mol. The largest absolute Gasteiger partial charge is 0.479 e. The van der Waals surface area contributed by atoms with Crippen molar-refractivity contribution in [2.24, 2.45) is 0 Å². The van der Waals surface area contributed by atoms with Crippen LogP contribution in [0.4, 0.5) is 0 Å². The van der Waals surface area contributed by atoms with E-state index in [1.807, 2.05) is 0 Å². The van der Waals surface area contributed by atoms with Crippen LogP contribution in [0.1, 0.15) is 30.1 Å². The number of carboxylic acids is 1. The normalized spacial score (nSPS) is 19.1. The van der Waals surface area contributed by atoms with Crippen LogP contribution in [-0.2, 0) is 10.2 Å². The first-order valence-electron chi connectivity index (χ1n) is 5.22. The van der Waals surface area contributed by atoms with Gasteiger partial charge in [-0.25, -0.2) is 4.79 Å². The number of hydrogen-bond acceptors (Lipinski definition) is 3. The van der Waals surface area contributed by atoms with E-state index in [-0.39, 0.29) is 12.0 Å². The van der Waals surface area contributed by atoms with Crippen molar-refractivity contribution in [2.45, 2.75) is 24.4 Å². The molecule has 86 valence electrons. The molecule has 0 aliphatic heterocycles. The van der Waals surface area contributed by atoms with E-state index in [0.717, 1.165) is 18.4 Å². The van der Waals surface area contributed by atoms with E-state index in [0.29, 0.717) is 5.56 Å². The first-order valence-corrected chi connectivity index (χ1v) is 5.22. The maximum absolute atomic E-state index is 10.8. The summed E-state index contributed by atoms with van der Waals surface area (Å²) in [5.41, 5.74) is 0.821. The first kappa shape index (κ1) is 11.1. The van der Waals surface area contributed by atoms with E-state index in [1.165, 1.54) is 0 Å². The molecule has 0 aromatic heterocycles. The van der Waals surface area contributed by atoms with Crippen molar-refractivity contribution in [3.05, 3.63) is 35.4 Å². The molecule has 1 atom stereocenters. The van der Waals surface area contributed by atoms with Gasteiger partial charge in [0, 0.05) is 5.41 Å².